The molecule has 2 rings (SSSR count). The van der Waals surface area contributed by atoms with Gasteiger partial charge in [0, 0.05) is 37.3 Å². The van der Waals surface area contributed by atoms with E-state index in [1.54, 1.807) is 13.3 Å². The maximum absolute atomic E-state index is 11.7. The molecule has 2 heterocycles. The minimum Gasteiger partial charge on any atom is -0.466 e. The number of rotatable bonds is 6. The summed E-state index contributed by atoms with van der Waals surface area (Å²) in [6.45, 7) is 3.81. The van der Waals surface area contributed by atoms with Gasteiger partial charge in [-0.3, -0.25) is 9.69 Å². The maximum atomic E-state index is 11.7. The summed E-state index contributed by atoms with van der Waals surface area (Å²) in [6, 6.07) is 0.155. The standard InChI is InChI=1S/C13H21N3O3S.ClH/c1-3-19-12(17)5-9-4-10(18-2)7-16(9)8-11-6-15-13(14)20-11;/h6,9-10H,3-5,7-8H2,1-2H3,(H2,14,15);1H. The second-order valence-corrected chi connectivity index (χ2v) is 6.00. The highest BCUT2D eigenvalue weighted by atomic mass is 35.5. The summed E-state index contributed by atoms with van der Waals surface area (Å²) in [4.78, 5) is 19.1. The number of methoxy groups -OCH3 is 1. The molecule has 8 heteroatoms. The van der Waals surface area contributed by atoms with Crippen LogP contribution in [0, 0.1) is 0 Å². The molecular formula is C13H22ClN3O3S. The largest absolute Gasteiger partial charge is 0.466 e. The van der Waals surface area contributed by atoms with E-state index < -0.39 is 0 Å². The number of carbonyl (C=O) groups is 1. The number of nitrogen functional groups attached to an aromatic ring is 1. The number of hydrogen-bond donors (Lipinski definition) is 1. The van der Waals surface area contributed by atoms with Gasteiger partial charge >= 0.3 is 5.97 Å². The van der Waals surface area contributed by atoms with E-state index in [9.17, 15) is 4.79 Å². The van der Waals surface area contributed by atoms with E-state index >= 15 is 0 Å². The Hall–Kier alpha value is -0.890. The predicted molar refractivity (Wildman–Crippen MR) is 84.6 cm³/mol. The second kappa shape index (κ2) is 8.53. The molecule has 2 atom stereocenters. The first-order valence-electron chi connectivity index (χ1n) is 6.75. The number of likely N-dealkylation sites (tertiary alicyclic amines) is 1. The molecule has 120 valence electrons. The third kappa shape index (κ3) is 5.10. The van der Waals surface area contributed by atoms with Crippen molar-refractivity contribution in [2.45, 2.75) is 38.5 Å². The number of ether oxygens (including phenoxy) is 2. The maximum Gasteiger partial charge on any atom is 0.307 e. The van der Waals surface area contributed by atoms with E-state index in [0.29, 0.717) is 18.2 Å². The topological polar surface area (TPSA) is 77.7 Å². The highest BCUT2D eigenvalue weighted by Crippen LogP contribution is 2.27. The highest BCUT2D eigenvalue weighted by Gasteiger charge is 2.34. The summed E-state index contributed by atoms with van der Waals surface area (Å²) in [7, 11) is 1.71. The van der Waals surface area contributed by atoms with Crippen LogP contribution in [0.4, 0.5) is 5.13 Å². The molecule has 0 radical (unpaired) electrons. The number of thiazole rings is 1. The molecule has 21 heavy (non-hydrogen) atoms. The Morgan fingerprint density at radius 3 is 2.95 bits per heavy atom. The third-order valence-electron chi connectivity index (χ3n) is 3.46. The summed E-state index contributed by atoms with van der Waals surface area (Å²) in [5, 5.41) is 0.574. The van der Waals surface area contributed by atoms with Crippen molar-refractivity contribution in [3.8, 4) is 0 Å². The van der Waals surface area contributed by atoms with E-state index in [1.165, 1.54) is 11.3 Å². The molecule has 2 unspecified atom stereocenters. The molecule has 0 bridgehead atoms. The van der Waals surface area contributed by atoms with Crippen LogP contribution in [-0.4, -0.2) is 48.3 Å². The molecule has 0 amide bonds. The molecule has 2 N–H and O–H groups in total. The van der Waals surface area contributed by atoms with Gasteiger partial charge in [-0.25, -0.2) is 4.98 Å². The summed E-state index contributed by atoms with van der Waals surface area (Å²) in [5.74, 6) is -0.150. The van der Waals surface area contributed by atoms with Crippen LogP contribution < -0.4 is 5.73 Å². The monoisotopic (exact) mass is 335 g/mol. The van der Waals surface area contributed by atoms with Crippen molar-refractivity contribution < 1.29 is 14.3 Å². The number of aromatic nitrogens is 1. The van der Waals surface area contributed by atoms with Crippen molar-refractivity contribution in [2.75, 3.05) is 26.0 Å². The number of esters is 1. The van der Waals surface area contributed by atoms with Crippen LogP contribution in [0.3, 0.4) is 0 Å². The highest BCUT2D eigenvalue weighted by molar-refractivity contribution is 7.15. The molecule has 0 aromatic carbocycles. The zero-order valence-corrected chi connectivity index (χ0v) is 13.9. The van der Waals surface area contributed by atoms with Crippen molar-refractivity contribution in [2.24, 2.45) is 0 Å². The van der Waals surface area contributed by atoms with E-state index in [0.717, 1.165) is 24.4 Å². The van der Waals surface area contributed by atoms with Gasteiger partial charge in [0.25, 0.3) is 0 Å². The Bertz CT molecular complexity index is 458. The lowest BCUT2D eigenvalue weighted by atomic mass is 10.1. The van der Waals surface area contributed by atoms with Crippen molar-refractivity contribution in [1.82, 2.24) is 9.88 Å². The number of hydrogen-bond acceptors (Lipinski definition) is 7. The summed E-state index contributed by atoms with van der Waals surface area (Å²) < 4.78 is 10.5. The van der Waals surface area contributed by atoms with Gasteiger partial charge in [-0.05, 0) is 13.3 Å². The van der Waals surface area contributed by atoms with Gasteiger partial charge in [0.1, 0.15) is 0 Å². The Balaban J connectivity index is 0.00000220. The predicted octanol–water partition coefficient (Wildman–Crippen LogP) is 1.69. The van der Waals surface area contributed by atoms with E-state index in [1.807, 2.05) is 6.92 Å². The molecule has 1 aromatic rings. The normalized spacial score (nSPS) is 22.0. The van der Waals surface area contributed by atoms with Crippen LogP contribution in [0.1, 0.15) is 24.6 Å². The van der Waals surface area contributed by atoms with Crippen molar-refractivity contribution in [3.63, 3.8) is 0 Å². The van der Waals surface area contributed by atoms with Gasteiger partial charge in [-0.15, -0.1) is 23.7 Å². The van der Waals surface area contributed by atoms with Crippen LogP contribution >= 0.6 is 23.7 Å². The molecule has 0 spiro atoms. The summed E-state index contributed by atoms with van der Waals surface area (Å²) >= 11 is 1.48. The molecule has 6 nitrogen and oxygen atoms in total. The molecule has 1 saturated heterocycles. The lowest BCUT2D eigenvalue weighted by Crippen LogP contribution is -2.31. The van der Waals surface area contributed by atoms with Gasteiger partial charge in [0.2, 0.25) is 0 Å². The molecule has 1 fully saturated rings. The fraction of sp³-hybridized carbons (Fsp3) is 0.692. The molecular weight excluding hydrogens is 314 g/mol. The minimum atomic E-state index is -0.150. The number of nitrogens with two attached hydrogens (primary N) is 1. The van der Waals surface area contributed by atoms with Crippen molar-refractivity contribution >= 4 is 34.8 Å². The SMILES string of the molecule is CCOC(=O)CC1CC(OC)CN1Cc1cnc(N)s1.Cl. The Morgan fingerprint density at radius 1 is 1.62 bits per heavy atom. The zero-order valence-electron chi connectivity index (χ0n) is 12.3. The zero-order chi connectivity index (χ0) is 14.5. The Labute approximate surface area is 135 Å². The van der Waals surface area contributed by atoms with Gasteiger partial charge in [-0.2, -0.15) is 0 Å². The van der Waals surface area contributed by atoms with Gasteiger partial charge in [-0.1, -0.05) is 0 Å². The van der Waals surface area contributed by atoms with Crippen LogP contribution in [0.25, 0.3) is 0 Å². The van der Waals surface area contributed by atoms with Crippen LogP contribution in [0.2, 0.25) is 0 Å². The molecule has 1 aliphatic heterocycles. The van der Waals surface area contributed by atoms with Crippen LogP contribution in [0.15, 0.2) is 6.20 Å². The van der Waals surface area contributed by atoms with E-state index in [2.05, 4.69) is 9.88 Å². The van der Waals surface area contributed by atoms with Crippen molar-refractivity contribution in [1.29, 1.82) is 0 Å². The smallest absolute Gasteiger partial charge is 0.307 e. The molecule has 1 aliphatic rings. The number of halogens is 1. The van der Waals surface area contributed by atoms with E-state index in [4.69, 9.17) is 15.2 Å². The Morgan fingerprint density at radius 2 is 2.38 bits per heavy atom. The fourth-order valence-corrected chi connectivity index (χ4v) is 3.23. The lowest BCUT2D eigenvalue weighted by molar-refractivity contribution is -0.144. The van der Waals surface area contributed by atoms with Crippen molar-refractivity contribution in [3.05, 3.63) is 11.1 Å². The van der Waals surface area contributed by atoms with Gasteiger partial charge in [0.05, 0.1) is 19.1 Å². The quantitative estimate of drug-likeness (QED) is 0.797. The number of carbonyl (C=O) groups excluding carboxylic acids is 1. The van der Waals surface area contributed by atoms with E-state index in [-0.39, 0.29) is 30.5 Å². The average Bonchev–Trinajstić information content (AvgIpc) is 2.97. The Kier molecular flexibility index (Phi) is 7.37. The first-order valence-corrected chi connectivity index (χ1v) is 7.56. The summed E-state index contributed by atoms with van der Waals surface area (Å²) in [5.41, 5.74) is 5.65. The minimum absolute atomic E-state index is 0. The first-order chi connectivity index (χ1) is 9.62. The summed E-state index contributed by atoms with van der Waals surface area (Å²) in [6.07, 6.45) is 3.22. The van der Waals surface area contributed by atoms with Gasteiger partial charge < -0.3 is 15.2 Å². The fourth-order valence-electron chi connectivity index (χ4n) is 2.52. The molecule has 0 aliphatic carbocycles. The van der Waals surface area contributed by atoms with Crippen LogP contribution in [-0.2, 0) is 20.8 Å². The van der Waals surface area contributed by atoms with Gasteiger partial charge in [0.15, 0.2) is 5.13 Å². The van der Waals surface area contributed by atoms with Crippen LogP contribution in [0.5, 0.6) is 0 Å². The molecule has 1 aromatic heterocycles. The first kappa shape index (κ1) is 18.2. The number of nitrogens with zero attached hydrogens (tertiary/aromatic N) is 2. The lowest BCUT2D eigenvalue weighted by Gasteiger charge is -2.22. The second-order valence-electron chi connectivity index (χ2n) is 4.85. The average molecular weight is 336 g/mol. The molecule has 0 saturated carbocycles. The third-order valence-corrected chi connectivity index (χ3v) is 4.27. The number of anilines is 1.